The van der Waals surface area contributed by atoms with Crippen molar-refractivity contribution in [2.75, 3.05) is 0 Å². The van der Waals surface area contributed by atoms with Crippen LogP contribution < -0.4 is 0 Å². The van der Waals surface area contributed by atoms with E-state index in [1.54, 1.807) is 54.1 Å². The van der Waals surface area contributed by atoms with E-state index < -0.39 is 4.92 Å². The lowest BCUT2D eigenvalue weighted by molar-refractivity contribution is -0.384. The number of aryl methyl sites for hydroxylation is 1. The molecule has 0 aliphatic rings. The Balaban J connectivity index is 1.99. The quantitative estimate of drug-likeness (QED) is 0.360. The standard InChI is InChI=1S/C17H12Cl2N4O2/c1-11-14(10-20-15-4-2-3-5-16(15)23(24)25)17(19)22(21-11)13-8-6-12(18)7-9-13/h2-10H,1H3. The summed E-state index contributed by atoms with van der Waals surface area (Å²) >= 11 is 12.3. The molecule has 0 spiro atoms. The number of aromatic nitrogens is 2. The zero-order valence-corrected chi connectivity index (χ0v) is 14.6. The van der Waals surface area contributed by atoms with Crippen LogP contribution in [0.1, 0.15) is 11.3 Å². The number of halogens is 2. The van der Waals surface area contributed by atoms with Crippen LogP contribution in [0.5, 0.6) is 0 Å². The highest BCUT2D eigenvalue weighted by Crippen LogP contribution is 2.28. The molecule has 0 saturated heterocycles. The molecule has 0 unspecified atom stereocenters. The predicted molar refractivity (Wildman–Crippen MR) is 98.7 cm³/mol. The van der Waals surface area contributed by atoms with E-state index in [9.17, 15) is 10.1 Å². The average molecular weight is 375 g/mol. The number of nitro groups is 1. The lowest BCUT2D eigenvalue weighted by atomic mass is 10.2. The highest BCUT2D eigenvalue weighted by molar-refractivity contribution is 6.32. The zero-order valence-electron chi connectivity index (χ0n) is 13.1. The number of benzene rings is 2. The van der Waals surface area contributed by atoms with E-state index in [0.717, 1.165) is 5.69 Å². The Morgan fingerprint density at radius 3 is 2.52 bits per heavy atom. The molecule has 3 aromatic rings. The fourth-order valence-electron chi connectivity index (χ4n) is 2.27. The van der Waals surface area contributed by atoms with E-state index in [1.807, 2.05) is 0 Å². The molecule has 8 heteroatoms. The van der Waals surface area contributed by atoms with Crippen LogP contribution in [0, 0.1) is 17.0 Å². The molecule has 0 saturated carbocycles. The van der Waals surface area contributed by atoms with Crippen LogP contribution in [0.3, 0.4) is 0 Å². The Labute approximate surface area is 153 Å². The topological polar surface area (TPSA) is 73.3 Å². The van der Waals surface area contributed by atoms with Crippen LogP contribution in [-0.4, -0.2) is 20.9 Å². The summed E-state index contributed by atoms with van der Waals surface area (Å²) in [6, 6.07) is 13.3. The molecular formula is C17H12Cl2N4O2. The fourth-order valence-corrected chi connectivity index (χ4v) is 2.72. The maximum atomic E-state index is 11.1. The van der Waals surface area contributed by atoms with E-state index in [4.69, 9.17) is 23.2 Å². The van der Waals surface area contributed by atoms with Crippen molar-refractivity contribution in [3.8, 4) is 5.69 Å². The lowest BCUT2D eigenvalue weighted by Crippen LogP contribution is -1.96. The van der Waals surface area contributed by atoms with Gasteiger partial charge in [0, 0.05) is 17.3 Å². The number of nitrogens with zero attached hydrogens (tertiary/aromatic N) is 4. The van der Waals surface area contributed by atoms with Gasteiger partial charge in [0.05, 0.1) is 21.9 Å². The van der Waals surface area contributed by atoms with Gasteiger partial charge in [-0.25, -0.2) is 9.67 Å². The molecule has 1 aromatic heterocycles. The van der Waals surface area contributed by atoms with Crippen LogP contribution in [0.15, 0.2) is 53.5 Å². The van der Waals surface area contributed by atoms with Gasteiger partial charge in [-0.05, 0) is 37.3 Å². The molecule has 0 atom stereocenters. The van der Waals surface area contributed by atoms with Crippen molar-refractivity contribution >= 4 is 40.8 Å². The number of rotatable bonds is 4. The van der Waals surface area contributed by atoms with Crippen LogP contribution >= 0.6 is 23.2 Å². The first-order valence-corrected chi connectivity index (χ1v) is 8.01. The Bertz CT molecular complexity index is 965. The van der Waals surface area contributed by atoms with Gasteiger partial charge in [0.1, 0.15) is 10.8 Å². The van der Waals surface area contributed by atoms with Gasteiger partial charge in [0.2, 0.25) is 0 Å². The summed E-state index contributed by atoms with van der Waals surface area (Å²) in [5.41, 5.74) is 2.18. The molecule has 0 fully saturated rings. The summed E-state index contributed by atoms with van der Waals surface area (Å²) in [4.78, 5) is 14.8. The van der Waals surface area contributed by atoms with Crippen molar-refractivity contribution < 1.29 is 4.92 Å². The lowest BCUT2D eigenvalue weighted by Gasteiger charge is -2.02. The van der Waals surface area contributed by atoms with Gasteiger partial charge in [0.25, 0.3) is 5.69 Å². The first-order valence-electron chi connectivity index (χ1n) is 7.26. The largest absolute Gasteiger partial charge is 0.294 e. The highest BCUT2D eigenvalue weighted by Gasteiger charge is 2.15. The zero-order chi connectivity index (χ0) is 18.0. The summed E-state index contributed by atoms with van der Waals surface area (Å²) < 4.78 is 1.56. The van der Waals surface area contributed by atoms with Gasteiger partial charge in [-0.3, -0.25) is 10.1 Å². The molecule has 126 valence electrons. The molecule has 0 aliphatic heterocycles. The number of para-hydroxylation sites is 2. The number of aliphatic imine (C=N–C) groups is 1. The van der Waals surface area contributed by atoms with E-state index >= 15 is 0 Å². The Morgan fingerprint density at radius 1 is 1.16 bits per heavy atom. The van der Waals surface area contributed by atoms with Crippen molar-refractivity contribution in [1.82, 2.24) is 9.78 Å². The minimum absolute atomic E-state index is 0.0716. The van der Waals surface area contributed by atoms with Gasteiger partial charge in [0.15, 0.2) is 0 Å². The van der Waals surface area contributed by atoms with Gasteiger partial charge >= 0.3 is 0 Å². The molecule has 0 radical (unpaired) electrons. The fraction of sp³-hybridized carbons (Fsp3) is 0.0588. The van der Waals surface area contributed by atoms with Crippen LogP contribution in [0.25, 0.3) is 5.69 Å². The van der Waals surface area contributed by atoms with Crippen LogP contribution in [-0.2, 0) is 0 Å². The molecule has 0 bridgehead atoms. The maximum Gasteiger partial charge on any atom is 0.294 e. The maximum absolute atomic E-state index is 11.1. The number of hydrogen-bond donors (Lipinski definition) is 0. The van der Waals surface area contributed by atoms with Crippen molar-refractivity contribution in [1.29, 1.82) is 0 Å². The SMILES string of the molecule is Cc1nn(-c2ccc(Cl)cc2)c(Cl)c1C=Nc1ccccc1[N+](=O)[O-]. The van der Waals surface area contributed by atoms with Crippen LogP contribution in [0.4, 0.5) is 11.4 Å². The molecule has 0 amide bonds. The average Bonchev–Trinajstić information content (AvgIpc) is 2.88. The molecule has 3 rings (SSSR count). The normalized spacial score (nSPS) is 11.2. The molecule has 2 aromatic carbocycles. The van der Waals surface area contributed by atoms with Crippen molar-refractivity contribution in [2.24, 2.45) is 4.99 Å². The van der Waals surface area contributed by atoms with Gasteiger partial charge < -0.3 is 0 Å². The molecule has 0 N–H and O–H groups in total. The van der Waals surface area contributed by atoms with Gasteiger partial charge in [-0.15, -0.1) is 0 Å². The second kappa shape index (κ2) is 7.04. The second-order valence-electron chi connectivity index (χ2n) is 5.18. The smallest absolute Gasteiger partial charge is 0.258 e. The summed E-state index contributed by atoms with van der Waals surface area (Å²) in [6.45, 7) is 1.79. The molecule has 0 aliphatic carbocycles. The summed E-state index contributed by atoms with van der Waals surface area (Å²) in [6.07, 6.45) is 1.49. The van der Waals surface area contributed by atoms with E-state index in [1.165, 1.54) is 12.3 Å². The Kier molecular flexibility index (Phi) is 4.83. The summed E-state index contributed by atoms with van der Waals surface area (Å²) in [5.74, 6) is 0. The highest BCUT2D eigenvalue weighted by atomic mass is 35.5. The third kappa shape index (κ3) is 3.55. The molecular weight excluding hydrogens is 363 g/mol. The van der Waals surface area contributed by atoms with Crippen LogP contribution in [0.2, 0.25) is 10.2 Å². The first kappa shape index (κ1) is 17.1. The number of nitro benzene ring substituents is 1. The minimum atomic E-state index is -0.474. The van der Waals surface area contributed by atoms with Crippen molar-refractivity contribution in [3.05, 3.63) is 80.1 Å². The monoisotopic (exact) mass is 374 g/mol. The third-order valence-electron chi connectivity index (χ3n) is 3.53. The second-order valence-corrected chi connectivity index (χ2v) is 5.98. The number of hydrogen-bond acceptors (Lipinski definition) is 4. The summed E-state index contributed by atoms with van der Waals surface area (Å²) in [5, 5.41) is 16.4. The van der Waals surface area contributed by atoms with Gasteiger partial charge in [-0.1, -0.05) is 35.3 Å². The van der Waals surface area contributed by atoms with Gasteiger partial charge in [-0.2, -0.15) is 5.10 Å². The third-order valence-corrected chi connectivity index (χ3v) is 4.15. The Morgan fingerprint density at radius 2 is 1.84 bits per heavy atom. The minimum Gasteiger partial charge on any atom is -0.258 e. The van der Waals surface area contributed by atoms with E-state index in [0.29, 0.717) is 21.4 Å². The van der Waals surface area contributed by atoms with Crippen molar-refractivity contribution in [2.45, 2.75) is 6.92 Å². The molecule has 1 heterocycles. The predicted octanol–water partition coefficient (Wildman–Crippen LogP) is 5.15. The summed E-state index contributed by atoms with van der Waals surface area (Å²) in [7, 11) is 0. The molecule has 25 heavy (non-hydrogen) atoms. The van der Waals surface area contributed by atoms with Crippen molar-refractivity contribution in [3.63, 3.8) is 0 Å². The van der Waals surface area contributed by atoms with E-state index in [2.05, 4.69) is 10.1 Å². The molecule has 6 nitrogen and oxygen atoms in total. The first-order chi connectivity index (χ1) is 12.0. The Hall–Kier alpha value is -2.70. The van der Waals surface area contributed by atoms with E-state index in [-0.39, 0.29) is 11.4 Å².